The van der Waals surface area contributed by atoms with E-state index < -0.39 is 22.2 Å². The van der Waals surface area contributed by atoms with Gasteiger partial charge in [0.2, 0.25) is 0 Å². The fourth-order valence-corrected chi connectivity index (χ4v) is 3.19. The van der Waals surface area contributed by atoms with Crippen LogP contribution in [0.15, 0.2) is 24.3 Å². The molecule has 0 radical (unpaired) electrons. The number of phosphoric acid groups is 1. The normalized spacial score (nSPS) is 16.7. The number of hydrogen-bond donors (Lipinski definition) is 2. The lowest BCUT2D eigenvalue weighted by Gasteiger charge is -2.19. The lowest BCUT2D eigenvalue weighted by Crippen LogP contribution is -2.21. The van der Waals surface area contributed by atoms with Crippen molar-refractivity contribution in [1.82, 2.24) is 0 Å². The first kappa shape index (κ1) is 17.8. The fourth-order valence-electron chi connectivity index (χ4n) is 1.34. The Morgan fingerprint density at radius 3 is 2.60 bits per heavy atom. The molecule has 1 aromatic rings. The highest BCUT2D eigenvalue weighted by molar-refractivity contribution is 7.47. The van der Waals surface area contributed by atoms with E-state index in [1.54, 1.807) is 18.2 Å². The molecule has 2 N–H and O–H groups in total. The summed E-state index contributed by atoms with van der Waals surface area (Å²) in [6.07, 6.45) is -1.56. The molecule has 114 valence electrons. The summed E-state index contributed by atoms with van der Waals surface area (Å²) in [5, 5.41) is 10.2. The summed E-state index contributed by atoms with van der Waals surface area (Å²) in [5.41, 5.74) is 0.292. The van der Waals surface area contributed by atoms with Crippen molar-refractivity contribution in [2.45, 2.75) is 32.0 Å². The SMILES string of the molecule is C[Si](C)(C)CCOP(=O)(O)OC(O)c1cccc(Cl)c1. The molecule has 1 aromatic carbocycles. The van der Waals surface area contributed by atoms with Crippen LogP contribution in [0.2, 0.25) is 30.7 Å². The van der Waals surface area contributed by atoms with Crippen molar-refractivity contribution in [2.75, 3.05) is 6.61 Å². The van der Waals surface area contributed by atoms with E-state index >= 15 is 0 Å². The topological polar surface area (TPSA) is 76.0 Å². The Balaban J connectivity index is 2.55. The third-order valence-electron chi connectivity index (χ3n) is 2.47. The molecular formula is C12H20ClO5PSi. The number of halogens is 1. The first-order chi connectivity index (χ1) is 9.09. The maximum absolute atomic E-state index is 11.7. The van der Waals surface area contributed by atoms with Crippen LogP contribution in [0.25, 0.3) is 0 Å². The summed E-state index contributed by atoms with van der Waals surface area (Å²) in [6.45, 7) is 6.51. The molecule has 0 aliphatic heterocycles. The van der Waals surface area contributed by atoms with Gasteiger partial charge in [0.15, 0.2) is 6.29 Å². The van der Waals surface area contributed by atoms with Crippen molar-refractivity contribution in [1.29, 1.82) is 0 Å². The largest absolute Gasteiger partial charge is 0.474 e. The molecule has 0 amide bonds. The van der Waals surface area contributed by atoms with Gasteiger partial charge in [-0.2, -0.15) is 0 Å². The lowest BCUT2D eigenvalue weighted by molar-refractivity contribution is -0.0441. The first-order valence-electron chi connectivity index (χ1n) is 6.18. The summed E-state index contributed by atoms with van der Waals surface area (Å²) >= 11 is 5.77. The van der Waals surface area contributed by atoms with E-state index in [0.717, 1.165) is 6.04 Å². The average Bonchev–Trinajstić information content (AvgIpc) is 2.26. The maximum atomic E-state index is 11.7. The first-order valence-corrected chi connectivity index (χ1v) is 11.8. The van der Waals surface area contributed by atoms with Crippen LogP contribution in [0.1, 0.15) is 11.9 Å². The van der Waals surface area contributed by atoms with E-state index in [4.69, 9.17) is 20.6 Å². The van der Waals surface area contributed by atoms with Crippen LogP contribution in [0, 0.1) is 0 Å². The summed E-state index contributed by atoms with van der Waals surface area (Å²) in [6, 6.07) is 6.96. The number of aliphatic hydroxyl groups is 1. The summed E-state index contributed by atoms with van der Waals surface area (Å²) < 4.78 is 21.3. The van der Waals surface area contributed by atoms with Gasteiger partial charge in [0.25, 0.3) is 0 Å². The van der Waals surface area contributed by atoms with Gasteiger partial charge in [-0.25, -0.2) is 4.57 Å². The van der Waals surface area contributed by atoms with Crippen molar-refractivity contribution in [2.24, 2.45) is 0 Å². The van der Waals surface area contributed by atoms with Crippen molar-refractivity contribution in [3.8, 4) is 0 Å². The number of hydrogen-bond acceptors (Lipinski definition) is 4. The van der Waals surface area contributed by atoms with Crippen molar-refractivity contribution < 1.29 is 23.6 Å². The van der Waals surface area contributed by atoms with Crippen LogP contribution in [0.3, 0.4) is 0 Å². The zero-order valence-corrected chi connectivity index (χ0v) is 14.4. The quantitative estimate of drug-likeness (QED) is 0.449. The monoisotopic (exact) mass is 338 g/mol. The highest BCUT2D eigenvalue weighted by Crippen LogP contribution is 2.47. The predicted molar refractivity (Wildman–Crippen MR) is 81.4 cm³/mol. The minimum absolute atomic E-state index is 0.131. The molecule has 1 rings (SSSR count). The van der Waals surface area contributed by atoms with Gasteiger partial charge in [-0.15, -0.1) is 0 Å². The summed E-state index contributed by atoms with van der Waals surface area (Å²) in [4.78, 5) is 9.55. The molecule has 20 heavy (non-hydrogen) atoms. The van der Waals surface area contributed by atoms with E-state index in [0.29, 0.717) is 10.6 Å². The van der Waals surface area contributed by atoms with Crippen LogP contribution in [0.5, 0.6) is 0 Å². The van der Waals surface area contributed by atoms with Gasteiger partial charge in [0.1, 0.15) is 0 Å². The van der Waals surface area contributed by atoms with Crippen molar-refractivity contribution in [3.63, 3.8) is 0 Å². The highest BCUT2D eigenvalue weighted by atomic mass is 35.5. The Bertz CT molecular complexity index is 491. The fraction of sp³-hybridized carbons (Fsp3) is 0.500. The molecule has 0 aliphatic carbocycles. The summed E-state index contributed by atoms with van der Waals surface area (Å²) in [7, 11) is -5.65. The predicted octanol–water partition coefficient (Wildman–Crippen LogP) is 3.80. The van der Waals surface area contributed by atoms with E-state index in [2.05, 4.69) is 19.6 Å². The Morgan fingerprint density at radius 2 is 2.05 bits per heavy atom. The van der Waals surface area contributed by atoms with E-state index in [-0.39, 0.29) is 6.61 Å². The molecule has 0 fully saturated rings. The molecule has 8 heteroatoms. The third kappa shape index (κ3) is 6.99. The Morgan fingerprint density at radius 1 is 1.40 bits per heavy atom. The van der Waals surface area contributed by atoms with Gasteiger partial charge in [-0.05, 0) is 18.2 Å². The molecule has 0 spiro atoms. The molecule has 0 bridgehead atoms. The molecular weight excluding hydrogens is 319 g/mol. The second-order valence-electron chi connectivity index (χ2n) is 5.63. The maximum Gasteiger partial charge on any atom is 0.474 e. The molecule has 0 saturated heterocycles. The molecule has 2 unspecified atom stereocenters. The van der Waals surface area contributed by atoms with Crippen LogP contribution >= 0.6 is 19.4 Å². The standard InChI is InChI=1S/C12H20ClO5PSi/c1-20(2,3)8-7-17-19(15,16)18-12(14)10-5-4-6-11(13)9-10/h4-6,9,12,14H,7-8H2,1-3H3,(H,15,16). The van der Waals surface area contributed by atoms with Gasteiger partial charge in [-0.1, -0.05) is 43.4 Å². The second-order valence-corrected chi connectivity index (χ2v) is 13.1. The van der Waals surface area contributed by atoms with Gasteiger partial charge in [0, 0.05) is 18.7 Å². The molecule has 0 aromatic heterocycles. The Hall–Kier alpha value is -0.203. The van der Waals surface area contributed by atoms with E-state index in [1.807, 2.05) is 0 Å². The molecule has 0 saturated carbocycles. The minimum atomic E-state index is -4.29. The van der Waals surface area contributed by atoms with Gasteiger partial charge in [-0.3, -0.25) is 9.05 Å². The molecule has 2 atom stereocenters. The van der Waals surface area contributed by atoms with Crippen LogP contribution in [-0.2, 0) is 13.6 Å². The lowest BCUT2D eigenvalue weighted by atomic mass is 10.2. The van der Waals surface area contributed by atoms with Gasteiger partial charge >= 0.3 is 7.82 Å². The van der Waals surface area contributed by atoms with Crippen LogP contribution in [0.4, 0.5) is 0 Å². The number of rotatable bonds is 7. The Labute approximate surface area is 125 Å². The third-order valence-corrected chi connectivity index (χ3v) is 5.39. The zero-order valence-electron chi connectivity index (χ0n) is 11.7. The number of benzene rings is 1. The molecule has 0 heterocycles. The second kappa shape index (κ2) is 7.18. The molecule has 0 aliphatic rings. The van der Waals surface area contributed by atoms with Gasteiger partial charge < -0.3 is 10.00 Å². The molecule has 5 nitrogen and oxygen atoms in total. The zero-order chi connectivity index (χ0) is 15.4. The van der Waals surface area contributed by atoms with Gasteiger partial charge in [0.05, 0.1) is 6.61 Å². The van der Waals surface area contributed by atoms with Crippen molar-refractivity contribution in [3.05, 3.63) is 34.9 Å². The average molecular weight is 339 g/mol. The number of aliphatic hydroxyl groups excluding tert-OH is 1. The number of phosphoric ester groups is 1. The van der Waals surface area contributed by atoms with Crippen LogP contribution in [-0.4, -0.2) is 24.7 Å². The highest BCUT2D eigenvalue weighted by Gasteiger charge is 2.27. The van der Waals surface area contributed by atoms with Crippen molar-refractivity contribution >= 4 is 27.5 Å². The Kier molecular flexibility index (Phi) is 6.41. The van der Waals surface area contributed by atoms with E-state index in [9.17, 15) is 14.6 Å². The van der Waals surface area contributed by atoms with E-state index in [1.165, 1.54) is 6.07 Å². The van der Waals surface area contributed by atoms with Crippen LogP contribution < -0.4 is 0 Å². The minimum Gasteiger partial charge on any atom is -0.364 e. The summed E-state index contributed by atoms with van der Waals surface area (Å²) in [5.74, 6) is 0. The smallest absolute Gasteiger partial charge is 0.364 e.